The monoisotopic (exact) mass is 762 g/mol. The number of nitrogens with one attached hydrogen (secondary N) is 3. The van der Waals surface area contributed by atoms with E-state index in [-0.39, 0.29) is 24.6 Å². The van der Waals surface area contributed by atoms with Crippen LogP contribution in [0.5, 0.6) is 0 Å². The summed E-state index contributed by atoms with van der Waals surface area (Å²) >= 11 is 3.00. The van der Waals surface area contributed by atoms with E-state index in [1.807, 2.05) is 86.8 Å². The Bertz CT molecular complexity index is 1700. The molecular formula is C40H54N6O5S2. The van der Waals surface area contributed by atoms with E-state index < -0.39 is 29.9 Å². The van der Waals surface area contributed by atoms with Gasteiger partial charge in [-0.15, -0.1) is 22.7 Å². The number of carbonyl (C=O) groups is 3. The van der Waals surface area contributed by atoms with E-state index in [1.165, 1.54) is 16.2 Å². The van der Waals surface area contributed by atoms with Crippen molar-refractivity contribution in [2.75, 3.05) is 7.05 Å². The molecule has 3 N–H and O–H groups in total. The maximum atomic E-state index is 14.2. The largest absolute Gasteiger partial charge is 0.444 e. The van der Waals surface area contributed by atoms with Crippen molar-refractivity contribution in [2.24, 2.45) is 0 Å². The number of thiazole rings is 2. The molecule has 4 rings (SSSR count). The van der Waals surface area contributed by atoms with Gasteiger partial charge in [-0.05, 0) is 64.5 Å². The van der Waals surface area contributed by atoms with Crippen molar-refractivity contribution in [1.82, 2.24) is 30.8 Å². The van der Waals surface area contributed by atoms with Crippen molar-refractivity contribution in [3.8, 4) is 0 Å². The van der Waals surface area contributed by atoms with Crippen LogP contribution in [-0.2, 0) is 40.3 Å². The zero-order valence-electron chi connectivity index (χ0n) is 31.8. The molecule has 0 saturated heterocycles. The molecule has 0 bridgehead atoms. The number of hydrogen-bond donors (Lipinski definition) is 3. The summed E-state index contributed by atoms with van der Waals surface area (Å²) < 4.78 is 11.8. The number of urea groups is 1. The Hall–Kier alpha value is -4.33. The van der Waals surface area contributed by atoms with E-state index in [4.69, 9.17) is 9.47 Å². The molecule has 4 aromatic rings. The Morgan fingerprint density at radius 3 is 1.98 bits per heavy atom. The fourth-order valence-corrected chi connectivity index (χ4v) is 7.17. The normalized spacial score (nSPS) is 13.8. The molecule has 2 heterocycles. The van der Waals surface area contributed by atoms with Crippen molar-refractivity contribution in [1.29, 1.82) is 0 Å². The number of amides is 4. The molecule has 2 aromatic heterocycles. The van der Waals surface area contributed by atoms with Crippen LogP contribution < -0.4 is 16.0 Å². The van der Waals surface area contributed by atoms with Gasteiger partial charge in [-0.3, -0.25) is 9.78 Å². The topological polar surface area (TPSA) is 135 Å². The first-order valence-corrected chi connectivity index (χ1v) is 19.8. The van der Waals surface area contributed by atoms with Gasteiger partial charge in [-0.2, -0.15) is 0 Å². The number of ether oxygens (including phenoxy) is 2. The highest BCUT2D eigenvalue weighted by molar-refractivity contribution is 7.09. The number of rotatable bonds is 18. The Kier molecular flexibility index (Phi) is 15.8. The third-order valence-electron chi connectivity index (χ3n) is 8.39. The summed E-state index contributed by atoms with van der Waals surface area (Å²) in [6.07, 6.45) is 2.77. The average Bonchev–Trinajstić information content (AvgIpc) is 3.81. The number of carbonyl (C=O) groups excluding carboxylic acids is 3. The maximum Gasteiger partial charge on any atom is 0.407 e. The summed E-state index contributed by atoms with van der Waals surface area (Å²) in [5.41, 5.74) is 4.06. The van der Waals surface area contributed by atoms with Gasteiger partial charge in [0.25, 0.3) is 0 Å². The number of hydrogen-bond acceptors (Lipinski definition) is 9. The molecule has 13 heteroatoms. The molecule has 2 aromatic carbocycles. The predicted octanol–water partition coefficient (Wildman–Crippen LogP) is 7.48. The standard InChI is InChI=1S/C40H54N6O5S2/c1-27(2)37-43-33(25-52-37)23-46(7)38(48)45-35(28(3)51-40(4,5)6)36(47)42-31(20-29-14-10-8-11-15-29)18-19-32(21-30-16-12-9-13-17-30)44-39(49)50-24-34-22-41-26-53-34/h8-17,22,25-28,31-32,35H,18-21,23-24H2,1-7H3,(H,42,47)(H,44,49)(H,45,48). The summed E-state index contributed by atoms with van der Waals surface area (Å²) in [5.74, 6) is -0.0516. The Balaban J connectivity index is 1.50. The zero-order valence-corrected chi connectivity index (χ0v) is 33.5. The van der Waals surface area contributed by atoms with Crippen LogP contribution in [0.2, 0.25) is 0 Å². The van der Waals surface area contributed by atoms with Crippen molar-refractivity contribution >= 4 is 40.7 Å². The van der Waals surface area contributed by atoms with Crippen LogP contribution in [-0.4, -0.2) is 69.8 Å². The molecule has 0 spiro atoms. The van der Waals surface area contributed by atoms with Gasteiger partial charge >= 0.3 is 12.1 Å². The highest BCUT2D eigenvalue weighted by Gasteiger charge is 2.33. The molecule has 0 aliphatic heterocycles. The quantitative estimate of drug-likeness (QED) is 0.0957. The minimum Gasteiger partial charge on any atom is -0.444 e. The molecule has 4 unspecified atom stereocenters. The van der Waals surface area contributed by atoms with E-state index in [0.717, 1.165) is 26.7 Å². The molecule has 53 heavy (non-hydrogen) atoms. The first kappa shape index (κ1) is 41.4. The molecule has 0 saturated carbocycles. The number of alkyl carbamates (subject to hydrolysis) is 1. The minimum atomic E-state index is -0.982. The van der Waals surface area contributed by atoms with Gasteiger partial charge in [0.1, 0.15) is 12.6 Å². The second-order valence-corrected chi connectivity index (χ2v) is 16.5. The molecule has 4 atom stereocenters. The van der Waals surface area contributed by atoms with E-state index in [9.17, 15) is 14.4 Å². The van der Waals surface area contributed by atoms with E-state index >= 15 is 0 Å². The van der Waals surface area contributed by atoms with Crippen molar-refractivity contribution in [2.45, 2.75) is 116 Å². The average molecular weight is 763 g/mol. The molecule has 0 fully saturated rings. The Labute approximate surface area is 321 Å². The van der Waals surface area contributed by atoms with Crippen LogP contribution in [0.3, 0.4) is 0 Å². The van der Waals surface area contributed by atoms with E-state index in [2.05, 4.69) is 39.8 Å². The molecule has 0 aliphatic carbocycles. The zero-order chi connectivity index (χ0) is 38.4. The highest BCUT2D eigenvalue weighted by atomic mass is 32.1. The molecule has 286 valence electrons. The van der Waals surface area contributed by atoms with Crippen molar-refractivity contribution in [3.63, 3.8) is 0 Å². The third-order valence-corrected chi connectivity index (χ3v) is 10.3. The SMILES string of the molecule is CC(C)c1nc(CN(C)C(=O)NC(C(=O)NC(CCC(Cc2ccccc2)NC(=O)OCc2cncs2)Cc2ccccc2)C(C)OC(C)(C)C)cs1. The predicted molar refractivity (Wildman–Crippen MR) is 211 cm³/mol. The fraction of sp³-hybridized carbons (Fsp3) is 0.475. The summed E-state index contributed by atoms with van der Waals surface area (Å²) in [7, 11) is 1.69. The van der Waals surface area contributed by atoms with Crippen LogP contribution in [0, 0.1) is 0 Å². The molecule has 4 amide bonds. The van der Waals surface area contributed by atoms with Gasteiger partial charge in [-0.25, -0.2) is 14.6 Å². The summed E-state index contributed by atoms with van der Waals surface area (Å²) in [6, 6.07) is 17.9. The first-order chi connectivity index (χ1) is 25.3. The lowest BCUT2D eigenvalue weighted by atomic mass is 9.95. The number of aromatic nitrogens is 2. The minimum absolute atomic E-state index is 0.140. The summed E-state index contributed by atoms with van der Waals surface area (Å²) in [5, 5.41) is 12.2. The highest BCUT2D eigenvalue weighted by Crippen LogP contribution is 2.21. The fourth-order valence-electron chi connectivity index (χ4n) is 5.84. The third kappa shape index (κ3) is 14.5. The molecule has 11 nitrogen and oxygen atoms in total. The van der Waals surface area contributed by atoms with Crippen LogP contribution >= 0.6 is 22.7 Å². The van der Waals surface area contributed by atoms with Crippen molar-refractivity contribution in [3.05, 3.63) is 104 Å². The lowest BCUT2D eigenvalue weighted by Gasteiger charge is -2.33. The summed E-state index contributed by atoms with van der Waals surface area (Å²) in [6.45, 7) is 12.2. The lowest BCUT2D eigenvalue weighted by Crippen LogP contribution is -2.58. The van der Waals surface area contributed by atoms with Crippen LogP contribution in [0.1, 0.15) is 87.0 Å². The number of nitrogens with zero attached hydrogens (tertiary/aromatic N) is 3. The molecule has 0 radical (unpaired) electrons. The van der Waals surface area contributed by atoms with Crippen molar-refractivity contribution < 1.29 is 23.9 Å². The molecular weight excluding hydrogens is 709 g/mol. The summed E-state index contributed by atoms with van der Waals surface area (Å²) in [4.78, 5) is 51.9. The van der Waals surface area contributed by atoms with Gasteiger partial charge in [0, 0.05) is 36.6 Å². The van der Waals surface area contributed by atoms with E-state index in [1.54, 1.807) is 37.0 Å². The van der Waals surface area contributed by atoms with Gasteiger partial charge in [0.05, 0.1) is 39.3 Å². The van der Waals surface area contributed by atoms with Crippen LogP contribution in [0.25, 0.3) is 0 Å². The van der Waals surface area contributed by atoms with Crippen LogP contribution in [0.15, 0.2) is 77.8 Å². The van der Waals surface area contributed by atoms with Gasteiger partial charge in [0.2, 0.25) is 5.91 Å². The smallest absolute Gasteiger partial charge is 0.407 e. The second-order valence-electron chi connectivity index (χ2n) is 14.6. The Morgan fingerprint density at radius 2 is 1.45 bits per heavy atom. The number of benzene rings is 2. The Morgan fingerprint density at radius 1 is 0.849 bits per heavy atom. The van der Waals surface area contributed by atoms with Gasteiger partial charge < -0.3 is 30.3 Å². The lowest BCUT2D eigenvalue weighted by molar-refractivity contribution is -0.131. The van der Waals surface area contributed by atoms with Gasteiger partial charge in [0.15, 0.2) is 0 Å². The molecule has 0 aliphatic rings. The first-order valence-electron chi connectivity index (χ1n) is 18.1. The maximum absolute atomic E-state index is 14.2. The second kappa shape index (κ2) is 20.2. The van der Waals surface area contributed by atoms with Gasteiger partial charge in [-0.1, -0.05) is 74.5 Å². The van der Waals surface area contributed by atoms with Crippen LogP contribution in [0.4, 0.5) is 9.59 Å². The van der Waals surface area contributed by atoms with E-state index in [0.29, 0.717) is 38.1 Å².